The molecule has 1 heterocycles. The average molecular weight is 252 g/mol. The molecule has 1 aromatic heterocycles. The molecule has 0 saturated heterocycles. The Hall–Kier alpha value is -1.52. The Morgan fingerprint density at radius 2 is 2.17 bits per heavy atom. The molecule has 0 aromatic carbocycles. The van der Waals surface area contributed by atoms with E-state index in [0.29, 0.717) is 0 Å². The first-order valence-electron chi connectivity index (χ1n) is 6.51. The molecule has 1 rings (SSSR count). The van der Waals surface area contributed by atoms with Crippen LogP contribution in [0.1, 0.15) is 34.1 Å². The summed E-state index contributed by atoms with van der Waals surface area (Å²) in [6.07, 6.45) is 4.74. The maximum atomic E-state index is 12.1. The Balaban J connectivity index is 2.57. The fourth-order valence-corrected chi connectivity index (χ4v) is 1.66. The van der Waals surface area contributed by atoms with E-state index in [1.807, 2.05) is 38.7 Å². The predicted molar refractivity (Wildman–Crippen MR) is 73.5 cm³/mol. The minimum atomic E-state index is -0.239. The number of nitrogens with one attached hydrogen (secondary N) is 1. The molecule has 0 aliphatic carbocycles. The average Bonchev–Trinajstić information content (AvgIpc) is 2.75. The van der Waals surface area contributed by atoms with Crippen molar-refractivity contribution < 1.29 is 4.79 Å². The molecule has 0 bridgehead atoms. The third-order valence-corrected chi connectivity index (χ3v) is 2.96. The number of rotatable bonds is 6. The third kappa shape index (κ3) is 3.75. The van der Waals surface area contributed by atoms with Crippen LogP contribution < -0.4 is 5.32 Å². The normalized spacial score (nSPS) is 12.6. The van der Waals surface area contributed by atoms with Gasteiger partial charge in [0.05, 0.1) is 11.9 Å². The molecule has 0 saturated carbocycles. The van der Waals surface area contributed by atoms with E-state index in [1.165, 1.54) is 0 Å². The molecule has 0 aliphatic heterocycles. The summed E-state index contributed by atoms with van der Waals surface area (Å²) < 4.78 is 1.88. The van der Waals surface area contributed by atoms with Gasteiger partial charge < -0.3 is 10.2 Å². The monoisotopic (exact) mass is 252 g/mol. The number of hydrogen-bond donors (Lipinski definition) is 1. The van der Waals surface area contributed by atoms with Crippen LogP contribution in [0.2, 0.25) is 0 Å². The standard InChI is InChI=1S/C13H24N4O/c1-6-7-17-9-12(8-14-17)15-11(4)13(18)16(5)10(2)3/h8-11,15H,6-7H2,1-5H3/t11-/m1/s1. The summed E-state index contributed by atoms with van der Waals surface area (Å²) in [6, 6.07) is -0.0266. The van der Waals surface area contributed by atoms with Crippen LogP contribution in [-0.4, -0.2) is 39.7 Å². The molecule has 0 unspecified atom stereocenters. The number of nitrogens with zero attached hydrogens (tertiary/aromatic N) is 3. The highest BCUT2D eigenvalue weighted by Gasteiger charge is 2.19. The van der Waals surface area contributed by atoms with E-state index in [9.17, 15) is 4.79 Å². The van der Waals surface area contributed by atoms with Gasteiger partial charge in [-0.15, -0.1) is 0 Å². The SMILES string of the molecule is CCCn1cc(N[C@H](C)C(=O)N(C)C(C)C)cn1. The van der Waals surface area contributed by atoms with Gasteiger partial charge in [0.1, 0.15) is 6.04 Å². The van der Waals surface area contributed by atoms with Gasteiger partial charge in [-0.3, -0.25) is 9.48 Å². The van der Waals surface area contributed by atoms with Crippen LogP contribution in [0.3, 0.4) is 0 Å². The summed E-state index contributed by atoms with van der Waals surface area (Å²) in [6.45, 7) is 8.89. The number of hydrogen-bond acceptors (Lipinski definition) is 3. The minimum Gasteiger partial charge on any atom is -0.371 e. The summed E-state index contributed by atoms with van der Waals surface area (Å²) in [7, 11) is 1.83. The van der Waals surface area contributed by atoms with Crippen LogP contribution in [0.25, 0.3) is 0 Å². The van der Waals surface area contributed by atoms with Crippen LogP contribution in [0.4, 0.5) is 5.69 Å². The third-order valence-electron chi connectivity index (χ3n) is 2.96. The Bertz CT molecular complexity index is 386. The van der Waals surface area contributed by atoms with Crippen molar-refractivity contribution in [1.82, 2.24) is 14.7 Å². The van der Waals surface area contributed by atoms with Gasteiger partial charge in [-0.1, -0.05) is 6.92 Å². The molecule has 1 atom stereocenters. The highest BCUT2D eigenvalue weighted by Crippen LogP contribution is 2.09. The van der Waals surface area contributed by atoms with E-state index in [1.54, 1.807) is 11.1 Å². The number of aromatic nitrogens is 2. The largest absolute Gasteiger partial charge is 0.371 e. The molecule has 102 valence electrons. The van der Waals surface area contributed by atoms with Gasteiger partial charge in [0.2, 0.25) is 5.91 Å². The van der Waals surface area contributed by atoms with Crippen molar-refractivity contribution >= 4 is 11.6 Å². The van der Waals surface area contributed by atoms with Crippen molar-refractivity contribution in [3.05, 3.63) is 12.4 Å². The smallest absolute Gasteiger partial charge is 0.244 e. The topological polar surface area (TPSA) is 50.2 Å². The molecule has 0 aliphatic rings. The fraction of sp³-hybridized carbons (Fsp3) is 0.692. The van der Waals surface area contributed by atoms with Crippen molar-refractivity contribution in [1.29, 1.82) is 0 Å². The number of likely N-dealkylation sites (N-methyl/N-ethyl adjacent to an activating group) is 1. The second-order valence-electron chi connectivity index (χ2n) is 4.90. The lowest BCUT2D eigenvalue weighted by Crippen LogP contribution is -2.42. The molecular formula is C13H24N4O. The Labute approximate surface area is 109 Å². The molecule has 0 fully saturated rings. The first kappa shape index (κ1) is 14.5. The van der Waals surface area contributed by atoms with Crippen LogP contribution in [0, 0.1) is 0 Å². The van der Waals surface area contributed by atoms with E-state index in [4.69, 9.17) is 0 Å². The van der Waals surface area contributed by atoms with Gasteiger partial charge in [-0.2, -0.15) is 5.10 Å². The molecule has 1 amide bonds. The number of aryl methyl sites for hydroxylation is 1. The lowest BCUT2D eigenvalue weighted by Gasteiger charge is -2.25. The summed E-state index contributed by atoms with van der Waals surface area (Å²) in [4.78, 5) is 13.8. The van der Waals surface area contributed by atoms with Crippen molar-refractivity contribution in [2.75, 3.05) is 12.4 Å². The van der Waals surface area contributed by atoms with Crippen LogP contribution in [0.15, 0.2) is 12.4 Å². The zero-order valence-electron chi connectivity index (χ0n) is 12.0. The quantitative estimate of drug-likeness (QED) is 0.842. The van der Waals surface area contributed by atoms with E-state index in [-0.39, 0.29) is 18.0 Å². The number of carbonyl (C=O) groups is 1. The number of anilines is 1. The van der Waals surface area contributed by atoms with Crippen molar-refractivity contribution in [2.45, 2.75) is 52.7 Å². The van der Waals surface area contributed by atoms with Crippen molar-refractivity contribution in [2.24, 2.45) is 0 Å². The second-order valence-corrected chi connectivity index (χ2v) is 4.90. The Morgan fingerprint density at radius 1 is 1.50 bits per heavy atom. The van der Waals surface area contributed by atoms with Gasteiger partial charge in [0.25, 0.3) is 0 Å². The van der Waals surface area contributed by atoms with Gasteiger partial charge in [0.15, 0.2) is 0 Å². The van der Waals surface area contributed by atoms with E-state index < -0.39 is 0 Å². The molecule has 0 radical (unpaired) electrons. The summed E-state index contributed by atoms with van der Waals surface area (Å²) >= 11 is 0. The number of carbonyl (C=O) groups excluding carboxylic acids is 1. The Morgan fingerprint density at radius 3 is 2.72 bits per heavy atom. The lowest BCUT2D eigenvalue weighted by atomic mass is 10.2. The molecule has 5 nitrogen and oxygen atoms in total. The van der Waals surface area contributed by atoms with Gasteiger partial charge >= 0.3 is 0 Å². The summed E-state index contributed by atoms with van der Waals surface area (Å²) in [5.74, 6) is 0.0910. The van der Waals surface area contributed by atoms with Crippen molar-refractivity contribution in [3.63, 3.8) is 0 Å². The second kappa shape index (κ2) is 6.42. The van der Waals surface area contributed by atoms with E-state index >= 15 is 0 Å². The van der Waals surface area contributed by atoms with E-state index in [2.05, 4.69) is 17.3 Å². The maximum Gasteiger partial charge on any atom is 0.244 e. The van der Waals surface area contributed by atoms with Crippen LogP contribution in [-0.2, 0) is 11.3 Å². The summed E-state index contributed by atoms with van der Waals surface area (Å²) in [5, 5.41) is 7.41. The zero-order valence-corrected chi connectivity index (χ0v) is 12.0. The molecule has 5 heteroatoms. The molecular weight excluding hydrogens is 228 g/mol. The number of amides is 1. The summed E-state index contributed by atoms with van der Waals surface area (Å²) in [5.41, 5.74) is 0.890. The first-order chi connectivity index (χ1) is 8.45. The fourth-order valence-electron chi connectivity index (χ4n) is 1.66. The van der Waals surface area contributed by atoms with E-state index in [0.717, 1.165) is 18.7 Å². The Kier molecular flexibility index (Phi) is 5.19. The van der Waals surface area contributed by atoms with Crippen LogP contribution in [0.5, 0.6) is 0 Å². The lowest BCUT2D eigenvalue weighted by molar-refractivity contribution is -0.131. The minimum absolute atomic E-state index is 0.0910. The van der Waals surface area contributed by atoms with Gasteiger partial charge in [-0.05, 0) is 27.2 Å². The molecule has 1 aromatic rings. The van der Waals surface area contributed by atoms with Gasteiger partial charge in [-0.25, -0.2) is 0 Å². The predicted octanol–water partition coefficient (Wildman–Crippen LogP) is 1.96. The molecule has 1 N–H and O–H groups in total. The highest BCUT2D eigenvalue weighted by atomic mass is 16.2. The highest BCUT2D eigenvalue weighted by molar-refractivity contribution is 5.84. The zero-order chi connectivity index (χ0) is 13.7. The van der Waals surface area contributed by atoms with Gasteiger partial charge in [0, 0.05) is 25.8 Å². The molecule has 0 spiro atoms. The molecule has 18 heavy (non-hydrogen) atoms. The van der Waals surface area contributed by atoms with Crippen molar-refractivity contribution in [3.8, 4) is 0 Å². The maximum absolute atomic E-state index is 12.1. The van der Waals surface area contributed by atoms with Crippen LogP contribution >= 0.6 is 0 Å². The first-order valence-corrected chi connectivity index (χ1v) is 6.51.